The fourth-order valence-corrected chi connectivity index (χ4v) is 3.72. The van der Waals surface area contributed by atoms with Gasteiger partial charge in [0.2, 0.25) is 0 Å². The molecule has 0 aromatic rings. The monoisotopic (exact) mass is 264 g/mol. The van der Waals surface area contributed by atoms with Crippen LogP contribution in [0, 0.1) is 5.92 Å². The van der Waals surface area contributed by atoms with E-state index in [0.717, 1.165) is 25.2 Å². The summed E-state index contributed by atoms with van der Waals surface area (Å²) in [5, 5.41) is 0. The highest BCUT2D eigenvalue weighted by atomic mass is 16.6. The molecule has 0 aromatic carbocycles. The molecule has 108 valence electrons. The molecule has 0 unspecified atom stereocenters. The summed E-state index contributed by atoms with van der Waals surface area (Å²) < 4.78 is 5.91. The van der Waals surface area contributed by atoms with Crippen LogP contribution >= 0.6 is 0 Å². The lowest BCUT2D eigenvalue weighted by Crippen LogP contribution is -2.35. The summed E-state index contributed by atoms with van der Waals surface area (Å²) in [6, 6.07) is 0. The Bertz CT molecular complexity index is 320. The van der Waals surface area contributed by atoms with Gasteiger partial charge >= 0.3 is 5.97 Å². The Kier molecular flexibility index (Phi) is 5.06. The summed E-state index contributed by atoms with van der Waals surface area (Å²) >= 11 is 0. The van der Waals surface area contributed by atoms with Crippen LogP contribution < -0.4 is 0 Å². The van der Waals surface area contributed by atoms with Gasteiger partial charge in [0.25, 0.3) is 0 Å². The summed E-state index contributed by atoms with van der Waals surface area (Å²) in [6.45, 7) is 5.48. The lowest BCUT2D eigenvalue weighted by Gasteiger charge is -2.34. The average molecular weight is 264 g/mol. The van der Waals surface area contributed by atoms with Gasteiger partial charge in [0.05, 0.1) is 0 Å². The Labute approximate surface area is 117 Å². The van der Waals surface area contributed by atoms with E-state index in [1.807, 2.05) is 0 Å². The molecule has 2 heteroatoms. The van der Waals surface area contributed by atoms with E-state index in [0.29, 0.717) is 5.57 Å². The minimum Gasteiger partial charge on any atom is -0.456 e. The Hall–Kier alpha value is -0.790. The molecule has 2 nitrogen and oxygen atoms in total. The van der Waals surface area contributed by atoms with Crippen molar-refractivity contribution in [3.05, 3.63) is 12.2 Å². The standard InChI is InChI=1S/C17H28O2/c1-14(2)16(18)19-17-11-5-3-8-15(10-7-13-17)9-4-6-12-17/h15H,1,3-13H2,2H3. The molecule has 2 aliphatic carbocycles. The van der Waals surface area contributed by atoms with Crippen molar-refractivity contribution >= 4 is 5.97 Å². The second-order valence-corrected chi connectivity index (χ2v) is 6.60. The fraction of sp³-hybridized carbons (Fsp3) is 0.824. The van der Waals surface area contributed by atoms with Crippen LogP contribution in [0.1, 0.15) is 77.6 Å². The molecule has 0 amide bonds. The van der Waals surface area contributed by atoms with Crippen LogP contribution in [0.2, 0.25) is 0 Å². The molecule has 2 bridgehead atoms. The number of esters is 1. The molecule has 0 N–H and O–H groups in total. The molecular weight excluding hydrogens is 236 g/mol. The summed E-state index contributed by atoms with van der Waals surface area (Å²) in [7, 11) is 0. The van der Waals surface area contributed by atoms with E-state index in [2.05, 4.69) is 6.58 Å². The number of rotatable bonds is 2. The maximum absolute atomic E-state index is 12.0. The first-order valence-electron chi connectivity index (χ1n) is 8.00. The number of ether oxygens (including phenoxy) is 1. The maximum Gasteiger partial charge on any atom is 0.333 e. The van der Waals surface area contributed by atoms with Crippen molar-refractivity contribution in [2.75, 3.05) is 0 Å². The van der Waals surface area contributed by atoms with E-state index in [-0.39, 0.29) is 11.6 Å². The van der Waals surface area contributed by atoms with Crippen LogP contribution in [-0.2, 0) is 9.53 Å². The number of hydrogen-bond donors (Lipinski definition) is 0. The second kappa shape index (κ2) is 6.58. The van der Waals surface area contributed by atoms with Gasteiger partial charge in [0.1, 0.15) is 5.60 Å². The van der Waals surface area contributed by atoms with E-state index in [9.17, 15) is 4.79 Å². The molecule has 2 rings (SSSR count). The lowest BCUT2D eigenvalue weighted by atomic mass is 9.86. The van der Waals surface area contributed by atoms with Crippen LogP contribution in [0.25, 0.3) is 0 Å². The third-order valence-corrected chi connectivity index (χ3v) is 4.89. The van der Waals surface area contributed by atoms with Crippen molar-refractivity contribution in [2.45, 2.75) is 83.2 Å². The van der Waals surface area contributed by atoms with Crippen LogP contribution in [0.4, 0.5) is 0 Å². The predicted octanol–water partition coefficient (Wildman–Crippen LogP) is 4.78. The Morgan fingerprint density at radius 3 is 2.11 bits per heavy atom. The molecule has 2 saturated carbocycles. The molecule has 19 heavy (non-hydrogen) atoms. The van der Waals surface area contributed by atoms with Gasteiger partial charge < -0.3 is 4.74 Å². The molecule has 0 aromatic heterocycles. The van der Waals surface area contributed by atoms with E-state index < -0.39 is 0 Å². The fourth-order valence-electron chi connectivity index (χ4n) is 3.72. The number of fused-ring (bicyclic) bond motifs is 4. The minimum atomic E-state index is -0.185. The number of hydrogen-bond acceptors (Lipinski definition) is 2. The average Bonchev–Trinajstić information content (AvgIpc) is 2.53. The highest BCUT2D eigenvalue weighted by Crippen LogP contribution is 2.38. The van der Waals surface area contributed by atoms with E-state index >= 15 is 0 Å². The normalized spacial score (nSPS) is 32.4. The van der Waals surface area contributed by atoms with Gasteiger partial charge in [-0.3, -0.25) is 0 Å². The third-order valence-electron chi connectivity index (χ3n) is 4.89. The van der Waals surface area contributed by atoms with Crippen LogP contribution in [0.5, 0.6) is 0 Å². The van der Waals surface area contributed by atoms with Crippen LogP contribution in [0.3, 0.4) is 0 Å². The van der Waals surface area contributed by atoms with Gasteiger partial charge in [-0.1, -0.05) is 38.7 Å². The molecule has 2 aliphatic rings. The summed E-state index contributed by atoms with van der Waals surface area (Å²) in [6.07, 6.45) is 13.5. The number of carbonyl (C=O) groups is 1. The SMILES string of the molecule is C=C(C)C(=O)OC12CCCCC(CCCC1)CCC2. The van der Waals surface area contributed by atoms with Crippen molar-refractivity contribution in [1.82, 2.24) is 0 Å². The van der Waals surface area contributed by atoms with Gasteiger partial charge in [-0.05, 0) is 51.4 Å². The summed E-state index contributed by atoms with van der Waals surface area (Å²) in [5.41, 5.74) is 0.349. The smallest absolute Gasteiger partial charge is 0.333 e. The molecular formula is C17H28O2. The first kappa shape index (κ1) is 14.6. The Morgan fingerprint density at radius 2 is 1.53 bits per heavy atom. The van der Waals surface area contributed by atoms with Crippen LogP contribution in [-0.4, -0.2) is 11.6 Å². The summed E-state index contributed by atoms with van der Waals surface area (Å²) in [5.74, 6) is 0.737. The van der Waals surface area contributed by atoms with Crippen molar-refractivity contribution < 1.29 is 9.53 Å². The second-order valence-electron chi connectivity index (χ2n) is 6.60. The molecule has 0 spiro atoms. The van der Waals surface area contributed by atoms with Crippen LogP contribution in [0.15, 0.2) is 12.2 Å². The van der Waals surface area contributed by atoms with Crippen molar-refractivity contribution in [3.63, 3.8) is 0 Å². The third kappa shape index (κ3) is 4.09. The topological polar surface area (TPSA) is 26.3 Å². The van der Waals surface area contributed by atoms with Crippen molar-refractivity contribution in [3.8, 4) is 0 Å². The Morgan fingerprint density at radius 1 is 1.00 bits per heavy atom. The van der Waals surface area contributed by atoms with E-state index in [4.69, 9.17) is 4.74 Å². The maximum atomic E-state index is 12.0. The molecule has 0 aliphatic heterocycles. The lowest BCUT2D eigenvalue weighted by molar-refractivity contribution is -0.157. The molecule has 0 radical (unpaired) electrons. The zero-order chi connectivity index (χ0) is 13.7. The molecule has 0 atom stereocenters. The predicted molar refractivity (Wildman–Crippen MR) is 77.9 cm³/mol. The summed E-state index contributed by atoms with van der Waals surface area (Å²) in [4.78, 5) is 12.0. The van der Waals surface area contributed by atoms with Gasteiger partial charge in [0, 0.05) is 5.57 Å². The molecule has 0 saturated heterocycles. The first-order valence-corrected chi connectivity index (χ1v) is 8.00. The Balaban J connectivity index is 2.12. The highest BCUT2D eigenvalue weighted by molar-refractivity contribution is 5.87. The van der Waals surface area contributed by atoms with Gasteiger partial charge in [-0.2, -0.15) is 0 Å². The largest absolute Gasteiger partial charge is 0.456 e. The zero-order valence-electron chi connectivity index (χ0n) is 12.4. The van der Waals surface area contributed by atoms with Gasteiger partial charge in [-0.25, -0.2) is 4.79 Å². The molecule has 2 fully saturated rings. The number of carbonyl (C=O) groups excluding carboxylic acids is 1. The quantitative estimate of drug-likeness (QED) is 0.530. The highest BCUT2D eigenvalue weighted by Gasteiger charge is 2.35. The van der Waals surface area contributed by atoms with E-state index in [1.54, 1.807) is 6.92 Å². The van der Waals surface area contributed by atoms with Gasteiger partial charge in [-0.15, -0.1) is 0 Å². The van der Waals surface area contributed by atoms with Gasteiger partial charge in [0.15, 0.2) is 0 Å². The molecule has 0 heterocycles. The van der Waals surface area contributed by atoms with Crippen molar-refractivity contribution in [1.29, 1.82) is 0 Å². The van der Waals surface area contributed by atoms with Crippen molar-refractivity contribution in [2.24, 2.45) is 5.92 Å². The zero-order valence-corrected chi connectivity index (χ0v) is 12.4. The minimum absolute atomic E-state index is 0.185. The first-order chi connectivity index (χ1) is 9.11. The van der Waals surface area contributed by atoms with E-state index in [1.165, 1.54) is 51.4 Å².